The molecule has 0 atom stereocenters. The Morgan fingerprint density at radius 2 is 1.71 bits per heavy atom. The van der Waals surface area contributed by atoms with Crippen molar-refractivity contribution in [2.75, 3.05) is 47.2 Å². The minimum Gasteiger partial charge on any atom is -0.368 e. The van der Waals surface area contributed by atoms with E-state index in [9.17, 15) is 31.6 Å². The predicted octanol–water partition coefficient (Wildman–Crippen LogP) is 4.82. The number of anilines is 5. The number of rotatable bonds is 7. The molecule has 3 aromatic rings. The third-order valence-corrected chi connectivity index (χ3v) is 9.36. The molecule has 0 spiro atoms. The Bertz CT molecular complexity index is 1560. The first-order chi connectivity index (χ1) is 19.6. The van der Waals surface area contributed by atoms with Gasteiger partial charge in [-0.2, -0.15) is 28.7 Å². The molecule has 2 aromatic carbocycles. The lowest BCUT2D eigenvalue weighted by Gasteiger charge is -2.42. The maximum atomic E-state index is 13.9. The Balaban J connectivity index is 1.46. The summed E-state index contributed by atoms with van der Waals surface area (Å²) in [6.07, 6.45) is -4.65. The summed E-state index contributed by atoms with van der Waals surface area (Å²) in [5, 5.41) is 5.48. The predicted molar refractivity (Wildman–Crippen MR) is 153 cm³/mol. The van der Waals surface area contributed by atoms with Gasteiger partial charge >= 0.3 is 13.8 Å². The third kappa shape index (κ3) is 6.64. The maximum Gasteiger partial charge on any atom is 0.421 e. The van der Waals surface area contributed by atoms with Crippen molar-refractivity contribution in [2.24, 2.45) is 0 Å². The average molecular weight is 629 g/mol. The topological polar surface area (TPSA) is 171 Å². The Morgan fingerprint density at radius 1 is 1.05 bits per heavy atom. The summed E-state index contributed by atoms with van der Waals surface area (Å²) in [6, 6.07) is 9.09. The molecule has 1 amide bonds. The highest BCUT2D eigenvalue weighted by atomic mass is 32.3. The lowest BCUT2D eigenvalue weighted by Crippen LogP contribution is -2.38. The number of hydrogen-bond donors (Lipinski definition) is 6. The highest BCUT2D eigenvalue weighted by Gasteiger charge is 2.37. The van der Waals surface area contributed by atoms with Crippen LogP contribution < -0.4 is 15.5 Å². The Kier molecular flexibility index (Phi) is 7.89. The Hall–Kier alpha value is -3.40. The number of nitrogens with zero attached hydrogens (tertiary/aromatic N) is 4. The first-order valence-corrected chi connectivity index (χ1v) is 16.3. The summed E-state index contributed by atoms with van der Waals surface area (Å²) in [5.74, 6) is -0.778. The molecule has 1 fully saturated rings. The van der Waals surface area contributed by atoms with Gasteiger partial charge in [-0.25, -0.2) is 4.98 Å². The van der Waals surface area contributed by atoms with Crippen LogP contribution in [-0.4, -0.2) is 71.3 Å². The highest BCUT2D eigenvalue weighted by Crippen LogP contribution is 2.44. The van der Waals surface area contributed by atoms with E-state index < -0.39 is 41.9 Å². The standard InChI is InChI=1S/C25H28F3N6O6PS/c1-33-13-17-20(34-8-10-42(39,40)11-9-34)7-6-19(21(17)23(33)35)31-22-18(25(26,27)28)12-29-24(32-22)30-16-4-2-15(3-5-16)14-41(36,37)38/h2-7,12,39-40H,8-11,13-14H2,1H3,(H2,36,37,38)(H2,29,30,31,32). The van der Waals surface area contributed by atoms with Crippen LogP contribution in [0.2, 0.25) is 0 Å². The van der Waals surface area contributed by atoms with Crippen molar-refractivity contribution in [3.63, 3.8) is 0 Å². The molecule has 1 saturated heterocycles. The van der Waals surface area contributed by atoms with E-state index in [-0.39, 0.29) is 41.2 Å². The highest BCUT2D eigenvalue weighted by molar-refractivity contribution is 8.24. The molecule has 0 radical (unpaired) electrons. The van der Waals surface area contributed by atoms with Gasteiger partial charge in [-0.05, 0) is 29.8 Å². The molecule has 0 saturated carbocycles. The third-order valence-electron chi connectivity index (χ3n) is 6.91. The second-order valence-electron chi connectivity index (χ2n) is 10.1. The van der Waals surface area contributed by atoms with Crippen LogP contribution in [0.3, 0.4) is 0 Å². The molecule has 3 heterocycles. The van der Waals surface area contributed by atoms with E-state index in [2.05, 4.69) is 20.6 Å². The number of fused-ring (bicyclic) bond motifs is 1. The van der Waals surface area contributed by atoms with Gasteiger partial charge in [-0.1, -0.05) is 12.1 Å². The zero-order chi connectivity index (χ0) is 30.4. The molecule has 2 aliphatic heterocycles. The summed E-state index contributed by atoms with van der Waals surface area (Å²) in [4.78, 5) is 42.6. The molecule has 6 N–H and O–H groups in total. The Labute approximate surface area is 240 Å². The van der Waals surface area contributed by atoms with Gasteiger partial charge in [0.15, 0.2) is 0 Å². The van der Waals surface area contributed by atoms with Gasteiger partial charge < -0.3 is 30.2 Å². The summed E-state index contributed by atoms with van der Waals surface area (Å²) in [5.41, 5.74) is 1.23. The summed E-state index contributed by atoms with van der Waals surface area (Å²) < 4.78 is 73.0. The molecule has 5 rings (SSSR count). The zero-order valence-electron chi connectivity index (χ0n) is 22.2. The second kappa shape index (κ2) is 11.0. The van der Waals surface area contributed by atoms with Crippen LogP contribution in [-0.2, 0) is 23.4 Å². The van der Waals surface area contributed by atoms with Gasteiger partial charge in [0.25, 0.3) is 5.91 Å². The van der Waals surface area contributed by atoms with E-state index in [0.717, 1.165) is 0 Å². The van der Waals surface area contributed by atoms with E-state index in [0.29, 0.717) is 41.8 Å². The molecule has 226 valence electrons. The fraction of sp³-hybridized carbons (Fsp3) is 0.320. The molecule has 1 aromatic heterocycles. The molecule has 17 heteroatoms. The van der Waals surface area contributed by atoms with Crippen LogP contribution in [0.1, 0.15) is 27.0 Å². The van der Waals surface area contributed by atoms with Crippen LogP contribution in [0.4, 0.5) is 42.0 Å². The van der Waals surface area contributed by atoms with Crippen LogP contribution in [0.25, 0.3) is 0 Å². The van der Waals surface area contributed by atoms with Crippen molar-refractivity contribution in [3.8, 4) is 0 Å². The van der Waals surface area contributed by atoms with Crippen molar-refractivity contribution in [1.29, 1.82) is 0 Å². The van der Waals surface area contributed by atoms with E-state index in [1.807, 2.05) is 4.90 Å². The van der Waals surface area contributed by atoms with Crippen LogP contribution in [0.5, 0.6) is 0 Å². The number of amides is 1. The van der Waals surface area contributed by atoms with Gasteiger partial charge in [0.2, 0.25) is 5.95 Å². The molecule has 0 bridgehead atoms. The van der Waals surface area contributed by atoms with Crippen molar-refractivity contribution in [2.45, 2.75) is 18.9 Å². The van der Waals surface area contributed by atoms with Gasteiger partial charge in [-0.15, -0.1) is 0 Å². The number of nitrogens with one attached hydrogen (secondary N) is 2. The van der Waals surface area contributed by atoms with Gasteiger partial charge in [-0.3, -0.25) is 18.5 Å². The number of carbonyl (C=O) groups is 1. The van der Waals surface area contributed by atoms with Gasteiger partial charge in [0.05, 0.1) is 28.9 Å². The number of aromatic nitrogens is 2. The monoisotopic (exact) mass is 628 g/mol. The van der Waals surface area contributed by atoms with Gasteiger partial charge in [0.1, 0.15) is 11.4 Å². The van der Waals surface area contributed by atoms with E-state index in [1.165, 1.54) is 35.2 Å². The van der Waals surface area contributed by atoms with Crippen molar-refractivity contribution >= 4 is 52.9 Å². The summed E-state index contributed by atoms with van der Waals surface area (Å²) >= 11 is 0. The van der Waals surface area contributed by atoms with Crippen LogP contribution in [0.15, 0.2) is 42.6 Å². The van der Waals surface area contributed by atoms with Crippen LogP contribution in [0, 0.1) is 0 Å². The average Bonchev–Trinajstić information content (AvgIpc) is 3.19. The normalized spacial score (nSPS) is 17.7. The van der Waals surface area contributed by atoms with Gasteiger partial charge in [0, 0.05) is 49.8 Å². The molecular formula is C25H28F3N6O6PS. The number of carbonyl (C=O) groups excluding carboxylic acids is 1. The smallest absolute Gasteiger partial charge is 0.368 e. The molecule has 42 heavy (non-hydrogen) atoms. The molecule has 0 unspecified atom stereocenters. The SMILES string of the molecule is CN1Cc2c(N3CCS(O)(O)CC3)ccc(Nc3nc(Nc4ccc(CP(=O)(O)O)cc4)ncc3C(F)(F)F)c2C1=O. The first kappa shape index (κ1) is 30.1. The number of hydrogen-bond acceptors (Lipinski definition) is 9. The second-order valence-corrected chi connectivity index (χ2v) is 14.1. The maximum absolute atomic E-state index is 13.9. The zero-order valence-corrected chi connectivity index (χ0v) is 23.9. The lowest BCUT2D eigenvalue weighted by atomic mass is 10.0. The van der Waals surface area contributed by atoms with E-state index >= 15 is 0 Å². The number of halogens is 3. The minimum atomic E-state index is -4.81. The van der Waals surface area contributed by atoms with Crippen molar-refractivity contribution < 1.29 is 41.4 Å². The summed E-state index contributed by atoms with van der Waals surface area (Å²) in [6.45, 7) is 0.949. The quantitative estimate of drug-likeness (QED) is 0.198. The van der Waals surface area contributed by atoms with Crippen molar-refractivity contribution in [3.05, 3.63) is 64.8 Å². The largest absolute Gasteiger partial charge is 0.421 e. The fourth-order valence-corrected chi connectivity index (χ4v) is 6.76. The lowest BCUT2D eigenvalue weighted by molar-refractivity contribution is -0.137. The van der Waals surface area contributed by atoms with E-state index in [4.69, 9.17) is 9.79 Å². The molecule has 2 aliphatic rings. The molecule has 0 aliphatic carbocycles. The Morgan fingerprint density at radius 3 is 2.33 bits per heavy atom. The number of benzene rings is 2. The number of alkyl halides is 3. The molecular weight excluding hydrogens is 600 g/mol. The van der Waals surface area contributed by atoms with Crippen LogP contribution >= 0.6 is 18.2 Å². The molecule has 12 nitrogen and oxygen atoms in total. The minimum absolute atomic E-state index is 0.126. The summed E-state index contributed by atoms with van der Waals surface area (Å²) in [7, 11) is -5.34. The first-order valence-electron chi connectivity index (χ1n) is 12.6. The van der Waals surface area contributed by atoms with E-state index in [1.54, 1.807) is 13.1 Å². The fourth-order valence-electron chi connectivity index (χ4n) is 4.84. The van der Waals surface area contributed by atoms with Crippen molar-refractivity contribution in [1.82, 2.24) is 14.9 Å².